The molecule has 0 saturated heterocycles. The zero-order chi connectivity index (χ0) is 23.2. The lowest BCUT2D eigenvalue weighted by molar-refractivity contribution is 1.23. The Hall–Kier alpha value is -4.31. The molecule has 6 aromatic rings. The Balaban J connectivity index is 1.59. The first-order valence-corrected chi connectivity index (χ1v) is 11.5. The summed E-state index contributed by atoms with van der Waals surface area (Å²) in [7, 11) is 0. The highest BCUT2D eigenvalue weighted by Gasteiger charge is 2.15. The molecule has 0 amide bonds. The Morgan fingerprint density at radius 1 is 0.412 bits per heavy atom. The summed E-state index contributed by atoms with van der Waals surface area (Å²) in [5, 5.41) is 3.38. The van der Waals surface area contributed by atoms with Crippen LogP contribution >= 0.6 is 0 Å². The fraction of sp³-hybridized carbons (Fsp3) is 0.100. The highest BCUT2D eigenvalue weighted by Crippen LogP contribution is 2.38. The molecular weight excluding hydrogens is 416 g/mol. The fourth-order valence-corrected chi connectivity index (χ4v) is 4.49. The molecule has 0 N–H and O–H groups in total. The van der Waals surface area contributed by atoms with Crippen LogP contribution in [0, 0.1) is 20.8 Å². The minimum Gasteiger partial charge on any atom is -0.310 e. The van der Waals surface area contributed by atoms with Gasteiger partial charge in [-0.2, -0.15) is 0 Å². The molecule has 0 saturated carbocycles. The molecule has 3 aromatic heterocycles. The smallest absolute Gasteiger partial charge is 0.0726 e. The van der Waals surface area contributed by atoms with E-state index in [1.165, 1.54) is 0 Å². The van der Waals surface area contributed by atoms with Crippen molar-refractivity contribution in [1.29, 1.82) is 0 Å². The number of hydrogen-bond acceptors (Lipinski definition) is 4. The van der Waals surface area contributed by atoms with E-state index >= 15 is 0 Å². The third-order valence-electron chi connectivity index (χ3n) is 6.22. The Labute approximate surface area is 198 Å². The van der Waals surface area contributed by atoms with Gasteiger partial charge in [-0.05, 0) is 75.4 Å². The summed E-state index contributed by atoms with van der Waals surface area (Å²) in [4.78, 5) is 16.6. The first-order chi connectivity index (χ1) is 16.5. The van der Waals surface area contributed by atoms with Gasteiger partial charge in [-0.25, -0.2) is 0 Å². The lowest BCUT2D eigenvalue weighted by atomic mass is 10.1. The first kappa shape index (κ1) is 20.3. The van der Waals surface area contributed by atoms with Gasteiger partial charge in [0.25, 0.3) is 0 Å². The maximum atomic E-state index is 4.78. The van der Waals surface area contributed by atoms with Crippen LogP contribution < -0.4 is 4.90 Å². The quantitative estimate of drug-likeness (QED) is 0.282. The van der Waals surface area contributed by atoms with Crippen molar-refractivity contribution in [2.75, 3.05) is 4.90 Å². The lowest BCUT2D eigenvalue weighted by Gasteiger charge is -2.26. The van der Waals surface area contributed by atoms with E-state index in [1.54, 1.807) is 0 Å². The normalized spacial score (nSPS) is 11.4. The Bertz CT molecular complexity index is 1500. The van der Waals surface area contributed by atoms with E-state index in [2.05, 4.69) is 95.9 Å². The topological polar surface area (TPSA) is 41.9 Å². The average molecular weight is 441 g/mol. The number of rotatable bonds is 3. The highest BCUT2D eigenvalue weighted by atomic mass is 15.1. The van der Waals surface area contributed by atoms with Crippen LogP contribution in [-0.4, -0.2) is 15.0 Å². The number of aromatic nitrogens is 3. The predicted molar refractivity (Wildman–Crippen MR) is 141 cm³/mol. The Morgan fingerprint density at radius 2 is 0.706 bits per heavy atom. The van der Waals surface area contributed by atoms with Gasteiger partial charge in [0, 0.05) is 50.3 Å². The summed E-state index contributed by atoms with van der Waals surface area (Å²) in [6, 6.07) is 31.9. The molecule has 6 rings (SSSR count). The van der Waals surface area contributed by atoms with E-state index in [-0.39, 0.29) is 0 Å². The number of benzene rings is 3. The molecule has 3 heterocycles. The predicted octanol–water partition coefficient (Wildman–Crippen LogP) is 7.73. The minimum atomic E-state index is 0.979. The second-order valence-corrected chi connectivity index (χ2v) is 8.82. The van der Waals surface area contributed by atoms with Crippen LogP contribution in [0.15, 0.2) is 91.0 Å². The molecule has 0 spiro atoms. The standard InChI is InChI=1S/C30H24N4/c1-19-4-7-22-10-13-25(16-28(22)31-19)34(26-14-11-23-8-5-20(2)32-29(23)17-26)27-15-12-24-9-6-21(3)33-30(24)18-27/h4-18H,1-3H3. The van der Waals surface area contributed by atoms with Crippen LogP contribution in [-0.2, 0) is 0 Å². The molecular formula is C30H24N4. The van der Waals surface area contributed by atoms with Gasteiger partial charge < -0.3 is 4.90 Å². The Kier molecular flexibility index (Phi) is 4.73. The van der Waals surface area contributed by atoms with Gasteiger partial charge in [-0.1, -0.05) is 36.4 Å². The van der Waals surface area contributed by atoms with E-state index in [4.69, 9.17) is 15.0 Å². The fourth-order valence-electron chi connectivity index (χ4n) is 4.49. The van der Waals surface area contributed by atoms with Gasteiger partial charge in [-0.15, -0.1) is 0 Å². The van der Waals surface area contributed by atoms with Gasteiger partial charge in [-0.3, -0.25) is 15.0 Å². The monoisotopic (exact) mass is 440 g/mol. The number of anilines is 3. The molecule has 0 aliphatic rings. The van der Waals surface area contributed by atoms with E-state index < -0.39 is 0 Å². The van der Waals surface area contributed by atoms with Crippen LogP contribution in [0.3, 0.4) is 0 Å². The zero-order valence-corrected chi connectivity index (χ0v) is 19.4. The molecule has 3 aromatic carbocycles. The van der Waals surface area contributed by atoms with E-state index in [9.17, 15) is 0 Å². The van der Waals surface area contributed by atoms with Gasteiger partial charge >= 0.3 is 0 Å². The third-order valence-corrected chi connectivity index (χ3v) is 6.22. The molecule has 0 fully saturated rings. The van der Waals surface area contributed by atoms with E-state index in [1.807, 2.05) is 20.8 Å². The van der Waals surface area contributed by atoms with E-state index in [0.29, 0.717) is 0 Å². The van der Waals surface area contributed by atoms with Crippen LogP contribution in [0.1, 0.15) is 17.1 Å². The van der Waals surface area contributed by atoms with Crippen molar-refractivity contribution in [2.24, 2.45) is 0 Å². The molecule has 0 aliphatic heterocycles. The second kappa shape index (κ2) is 7.92. The molecule has 34 heavy (non-hydrogen) atoms. The summed E-state index contributed by atoms with van der Waals surface area (Å²) in [5.41, 5.74) is 9.09. The summed E-state index contributed by atoms with van der Waals surface area (Å²) in [5.74, 6) is 0. The van der Waals surface area contributed by atoms with Crippen molar-refractivity contribution in [3.05, 3.63) is 108 Å². The number of aryl methyl sites for hydroxylation is 3. The summed E-state index contributed by atoms with van der Waals surface area (Å²) >= 11 is 0. The number of pyridine rings is 3. The van der Waals surface area contributed by atoms with Crippen LogP contribution in [0.2, 0.25) is 0 Å². The Morgan fingerprint density at radius 3 is 1.03 bits per heavy atom. The zero-order valence-electron chi connectivity index (χ0n) is 19.4. The molecule has 0 radical (unpaired) electrons. The minimum absolute atomic E-state index is 0.979. The summed E-state index contributed by atoms with van der Waals surface area (Å²) < 4.78 is 0. The van der Waals surface area contributed by atoms with Gasteiger partial charge in [0.1, 0.15) is 0 Å². The molecule has 0 unspecified atom stereocenters. The van der Waals surface area contributed by atoms with Crippen molar-refractivity contribution in [1.82, 2.24) is 15.0 Å². The molecule has 4 nitrogen and oxygen atoms in total. The number of nitrogens with zero attached hydrogens (tertiary/aromatic N) is 4. The molecule has 4 heteroatoms. The first-order valence-electron chi connectivity index (χ1n) is 11.5. The maximum absolute atomic E-state index is 4.78. The maximum Gasteiger partial charge on any atom is 0.0726 e. The molecule has 164 valence electrons. The summed E-state index contributed by atoms with van der Waals surface area (Å²) in [6.07, 6.45) is 0. The van der Waals surface area contributed by atoms with Crippen molar-refractivity contribution in [3.8, 4) is 0 Å². The third kappa shape index (κ3) is 3.63. The van der Waals surface area contributed by atoms with Crippen LogP contribution in [0.5, 0.6) is 0 Å². The SMILES string of the molecule is Cc1ccc2ccc(N(c3ccc4ccc(C)nc4c3)c3ccc4ccc(C)nc4c3)cc2n1. The van der Waals surface area contributed by atoms with Crippen molar-refractivity contribution >= 4 is 49.8 Å². The lowest BCUT2D eigenvalue weighted by Crippen LogP contribution is -2.10. The van der Waals surface area contributed by atoms with Crippen molar-refractivity contribution < 1.29 is 0 Å². The van der Waals surface area contributed by atoms with Crippen LogP contribution in [0.4, 0.5) is 17.1 Å². The molecule has 0 atom stereocenters. The highest BCUT2D eigenvalue weighted by molar-refractivity contribution is 5.92. The second-order valence-electron chi connectivity index (χ2n) is 8.82. The molecule has 0 bridgehead atoms. The average Bonchev–Trinajstić information content (AvgIpc) is 2.83. The number of hydrogen-bond donors (Lipinski definition) is 0. The van der Waals surface area contributed by atoms with Gasteiger partial charge in [0.2, 0.25) is 0 Å². The molecule has 0 aliphatic carbocycles. The van der Waals surface area contributed by atoms with Crippen molar-refractivity contribution in [3.63, 3.8) is 0 Å². The van der Waals surface area contributed by atoms with E-state index in [0.717, 1.165) is 66.9 Å². The van der Waals surface area contributed by atoms with Crippen LogP contribution in [0.25, 0.3) is 32.7 Å². The van der Waals surface area contributed by atoms with Crippen molar-refractivity contribution in [2.45, 2.75) is 20.8 Å². The summed E-state index contributed by atoms with van der Waals surface area (Å²) in [6.45, 7) is 6.08. The largest absolute Gasteiger partial charge is 0.310 e. The van der Waals surface area contributed by atoms with Gasteiger partial charge in [0.15, 0.2) is 0 Å². The number of fused-ring (bicyclic) bond motifs is 3. The van der Waals surface area contributed by atoms with Gasteiger partial charge in [0.05, 0.1) is 16.6 Å².